The van der Waals surface area contributed by atoms with Crippen LogP contribution in [0.1, 0.15) is 27.7 Å². The van der Waals surface area contributed by atoms with Gasteiger partial charge in [0, 0.05) is 0 Å². The summed E-state index contributed by atoms with van der Waals surface area (Å²) in [6.45, 7) is 8.36. The standard InChI is InChI=1S/C24H25BO2/c1-23(2)24(3,4)27-25(26-23)22-16-9-8-15-21(22)20-14-10-13-19(17-20)18-11-6-5-7-12-18/h5-17H,1-4H3. The first-order chi connectivity index (χ1) is 12.9. The van der Waals surface area contributed by atoms with Crippen molar-refractivity contribution in [2.45, 2.75) is 38.9 Å². The lowest BCUT2D eigenvalue weighted by molar-refractivity contribution is 0.00578. The molecular formula is C24H25BO2. The Morgan fingerprint density at radius 1 is 0.593 bits per heavy atom. The van der Waals surface area contributed by atoms with E-state index in [2.05, 4.69) is 94.4 Å². The van der Waals surface area contributed by atoms with E-state index >= 15 is 0 Å². The van der Waals surface area contributed by atoms with Crippen molar-refractivity contribution in [2.75, 3.05) is 0 Å². The van der Waals surface area contributed by atoms with Gasteiger partial charge >= 0.3 is 7.12 Å². The highest BCUT2D eigenvalue weighted by Crippen LogP contribution is 2.37. The van der Waals surface area contributed by atoms with Gasteiger partial charge in [-0.05, 0) is 61.5 Å². The van der Waals surface area contributed by atoms with E-state index in [4.69, 9.17) is 9.31 Å². The van der Waals surface area contributed by atoms with Crippen LogP contribution >= 0.6 is 0 Å². The zero-order valence-electron chi connectivity index (χ0n) is 16.4. The Balaban J connectivity index is 1.75. The Labute approximate surface area is 162 Å². The first-order valence-corrected chi connectivity index (χ1v) is 9.48. The molecule has 2 nitrogen and oxygen atoms in total. The van der Waals surface area contributed by atoms with Crippen LogP contribution in [0.25, 0.3) is 22.3 Å². The fraction of sp³-hybridized carbons (Fsp3) is 0.250. The molecule has 0 radical (unpaired) electrons. The molecule has 1 saturated heterocycles. The fourth-order valence-electron chi connectivity index (χ4n) is 3.43. The third kappa shape index (κ3) is 3.33. The lowest BCUT2D eigenvalue weighted by atomic mass is 9.74. The van der Waals surface area contributed by atoms with E-state index in [9.17, 15) is 0 Å². The molecule has 1 heterocycles. The number of hydrogen-bond donors (Lipinski definition) is 0. The molecule has 3 aromatic carbocycles. The van der Waals surface area contributed by atoms with Crippen molar-refractivity contribution < 1.29 is 9.31 Å². The molecule has 0 saturated carbocycles. The van der Waals surface area contributed by atoms with Gasteiger partial charge in [-0.1, -0.05) is 72.8 Å². The molecule has 0 spiro atoms. The first-order valence-electron chi connectivity index (χ1n) is 9.48. The van der Waals surface area contributed by atoms with Gasteiger partial charge in [-0.15, -0.1) is 0 Å². The topological polar surface area (TPSA) is 18.5 Å². The van der Waals surface area contributed by atoms with Gasteiger partial charge in [0.15, 0.2) is 0 Å². The third-order valence-corrected chi connectivity index (χ3v) is 5.75. The smallest absolute Gasteiger partial charge is 0.399 e. The summed E-state index contributed by atoms with van der Waals surface area (Å²) in [6, 6.07) is 27.5. The number of hydrogen-bond acceptors (Lipinski definition) is 2. The van der Waals surface area contributed by atoms with Crippen molar-refractivity contribution in [1.29, 1.82) is 0 Å². The monoisotopic (exact) mass is 356 g/mol. The summed E-state index contributed by atoms with van der Waals surface area (Å²) in [6.07, 6.45) is 0. The zero-order valence-corrected chi connectivity index (χ0v) is 16.4. The lowest BCUT2D eigenvalue weighted by Crippen LogP contribution is -2.41. The van der Waals surface area contributed by atoms with Crippen molar-refractivity contribution in [3.63, 3.8) is 0 Å². The van der Waals surface area contributed by atoms with Crippen LogP contribution in [0, 0.1) is 0 Å². The molecule has 0 atom stereocenters. The molecule has 0 aliphatic carbocycles. The quantitative estimate of drug-likeness (QED) is 0.592. The Kier molecular flexibility index (Phi) is 4.45. The van der Waals surface area contributed by atoms with Crippen molar-refractivity contribution in [2.24, 2.45) is 0 Å². The Morgan fingerprint density at radius 2 is 1.15 bits per heavy atom. The van der Waals surface area contributed by atoms with Crippen molar-refractivity contribution >= 4 is 12.6 Å². The molecule has 1 fully saturated rings. The molecule has 0 aromatic heterocycles. The van der Waals surface area contributed by atoms with Gasteiger partial charge in [0.1, 0.15) is 0 Å². The van der Waals surface area contributed by atoms with Crippen LogP contribution < -0.4 is 5.46 Å². The predicted octanol–water partition coefficient (Wildman–Crippen LogP) is 5.32. The molecule has 27 heavy (non-hydrogen) atoms. The average Bonchev–Trinajstić information content (AvgIpc) is 2.90. The summed E-state index contributed by atoms with van der Waals surface area (Å²) in [4.78, 5) is 0. The maximum Gasteiger partial charge on any atom is 0.495 e. The van der Waals surface area contributed by atoms with E-state index in [1.807, 2.05) is 12.1 Å². The highest BCUT2D eigenvalue weighted by Gasteiger charge is 2.52. The van der Waals surface area contributed by atoms with Crippen LogP contribution in [0.5, 0.6) is 0 Å². The van der Waals surface area contributed by atoms with Crippen LogP contribution in [0.15, 0.2) is 78.9 Å². The van der Waals surface area contributed by atoms with Gasteiger partial charge in [0.05, 0.1) is 11.2 Å². The molecule has 1 aliphatic rings. The number of rotatable bonds is 3. The van der Waals surface area contributed by atoms with Crippen LogP contribution in [-0.2, 0) is 9.31 Å². The Hall–Kier alpha value is -2.36. The minimum Gasteiger partial charge on any atom is -0.399 e. The van der Waals surface area contributed by atoms with Gasteiger partial charge in [-0.3, -0.25) is 0 Å². The fourth-order valence-corrected chi connectivity index (χ4v) is 3.43. The maximum absolute atomic E-state index is 6.30. The molecule has 3 heteroatoms. The summed E-state index contributed by atoms with van der Waals surface area (Å²) in [7, 11) is -0.369. The highest BCUT2D eigenvalue weighted by atomic mass is 16.7. The van der Waals surface area contributed by atoms with E-state index in [1.165, 1.54) is 16.7 Å². The van der Waals surface area contributed by atoms with Gasteiger partial charge in [-0.25, -0.2) is 0 Å². The van der Waals surface area contributed by atoms with Gasteiger partial charge < -0.3 is 9.31 Å². The SMILES string of the molecule is CC1(C)OB(c2ccccc2-c2cccc(-c3ccccc3)c2)OC1(C)C. The minimum atomic E-state index is -0.369. The second-order valence-corrected chi connectivity index (χ2v) is 8.12. The summed E-state index contributed by atoms with van der Waals surface area (Å²) in [5, 5.41) is 0. The Morgan fingerprint density at radius 3 is 1.85 bits per heavy atom. The molecule has 4 rings (SSSR count). The van der Waals surface area contributed by atoms with E-state index < -0.39 is 0 Å². The van der Waals surface area contributed by atoms with Crippen molar-refractivity contribution in [3.8, 4) is 22.3 Å². The molecule has 0 unspecified atom stereocenters. The zero-order chi connectivity index (χ0) is 19.1. The normalized spacial score (nSPS) is 17.9. The van der Waals surface area contributed by atoms with Gasteiger partial charge in [0.2, 0.25) is 0 Å². The minimum absolute atomic E-state index is 0.351. The van der Waals surface area contributed by atoms with Gasteiger partial charge in [-0.2, -0.15) is 0 Å². The Bertz CT molecular complexity index is 931. The molecule has 136 valence electrons. The summed E-state index contributed by atoms with van der Waals surface area (Å²) in [5.74, 6) is 0. The van der Waals surface area contributed by atoms with Crippen LogP contribution in [0.3, 0.4) is 0 Å². The lowest BCUT2D eigenvalue weighted by Gasteiger charge is -2.32. The molecular weight excluding hydrogens is 331 g/mol. The predicted molar refractivity (Wildman–Crippen MR) is 113 cm³/mol. The second-order valence-electron chi connectivity index (χ2n) is 8.12. The van der Waals surface area contributed by atoms with Gasteiger partial charge in [0.25, 0.3) is 0 Å². The number of benzene rings is 3. The third-order valence-electron chi connectivity index (χ3n) is 5.75. The summed E-state index contributed by atoms with van der Waals surface area (Å²) < 4.78 is 12.6. The summed E-state index contributed by atoms with van der Waals surface area (Å²) >= 11 is 0. The molecule has 1 aliphatic heterocycles. The molecule has 3 aromatic rings. The van der Waals surface area contributed by atoms with Crippen LogP contribution in [0.4, 0.5) is 0 Å². The highest BCUT2D eigenvalue weighted by molar-refractivity contribution is 6.63. The van der Waals surface area contributed by atoms with E-state index in [1.54, 1.807) is 0 Å². The largest absolute Gasteiger partial charge is 0.495 e. The van der Waals surface area contributed by atoms with E-state index in [0.29, 0.717) is 0 Å². The molecule has 0 bridgehead atoms. The first kappa shape index (κ1) is 18.0. The van der Waals surface area contributed by atoms with Crippen molar-refractivity contribution in [3.05, 3.63) is 78.9 Å². The summed E-state index contributed by atoms with van der Waals surface area (Å²) in [5.41, 5.74) is 5.11. The van der Waals surface area contributed by atoms with Crippen LogP contribution in [-0.4, -0.2) is 18.3 Å². The van der Waals surface area contributed by atoms with E-state index in [-0.39, 0.29) is 18.3 Å². The molecule has 0 amide bonds. The molecule has 0 N–H and O–H groups in total. The van der Waals surface area contributed by atoms with Crippen molar-refractivity contribution in [1.82, 2.24) is 0 Å². The van der Waals surface area contributed by atoms with Crippen LogP contribution in [0.2, 0.25) is 0 Å². The second kappa shape index (κ2) is 6.67. The maximum atomic E-state index is 6.30. The van der Waals surface area contributed by atoms with E-state index in [0.717, 1.165) is 11.0 Å². The average molecular weight is 356 g/mol.